The van der Waals surface area contributed by atoms with Crippen molar-refractivity contribution in [2.75, 3.05) is 63.8 Å². The van der Waals surface area contributed by atoms with Gasteiger partial charge < -0.3 is 19.6 Å². The summed E-state index contributed by atoms with van der Waals surface area (Å²) in [5.41, 5.74) is -0.0170. The minimum Gasteiger partial charge on any atom is -0.480 e. The first-order valence-electron chi connectivity index (χ1n) is 13.1. The van der Waals surface area contributed by atoms with Crippen LogP contribution >= 0.6 is 0 Å². The summed E-state index contributed by atoms with van der Waals surface area (Å²) in [5.74, 6) is -0.930. The van der Waals surface area contributed by atoms with E-state index in [0.717, 1.165) is 17.0 Å². The molecule has 0 aliphatic carbocycles. The van der Waals surface area contributed by atoms with Gasteiger partial charge in [0, 0.05) is 64.6 Å². The lowest BCUT2D eigenvalue weighted by molar-refractivity contribution is -0.308. The van der Waals surface area contributed by atoms with Crippen LogP contribution in [0.3, 0.4) is 0 Å². The molecule has 0 saturated carbocycles. The summed E-state index contributed by atoms with van der Waals surface area (Å²) in [6.45, 7) is 1.78. The molecule has 3 fully saturated rings. The molecule has 17 heteroatoms. The Morgan fingerprint density at radius 3 is 1.93 bits per heavy atom. The number of carbonyl (C=O) groups is 2. The molecule has 3 saturated heterocycles. The van der Waals surface area contributed by atoms with E-state index in [1.165, 1.54) is 6.07 Å². The number of benzene rings is 1. The van der Waals surface area contributed by atoms with E-state index in [1.54, 1.807) is 9.80 Å². The lowest BCUT2D eigenvalue weighted by Crippen LogP contribution is -2.61. The maximum absolute atomic E-state index is 13.5. The number of carboxylic acid groups (broad SMARTS) is 1. The first-order valence-corrected chi connectivity index (χ1v) is 13.1. The Hall–Kier alpha value is -2.95. The standard InChI is InChI=1S/C25H29F9N4O4/c26-23(27,28)17-2-1-16(18(11-17)37-5-3-22(4-6-37)14-36(15-22)13-19(39)40)12-35-7-9-38(10-8-35)21(41)42-20(24(29,30)31)25(32,33)34/h1-2,11,20H,3-10,12-15H2,(H,39,40). The third-order valence-corrected chi connectivity index (χ3v) is 7.89. The van der Waals surface area contributed by atoms with Crippen molar-refractivity contribution < 1.29 is 58.9 Å². The molecule has 0 bridgehead atoms. The fourth-order valence-electron chi connectivity index (χ4n) is 5.74. The van der Waals surface area contributed by atoms with Crippen molar-refractivity contribution in [1.82, 2.24) is 14.7 Å². The second kappa shape index (κ2) is 11.6. The van der Waals surface area contributed by atoms with Gasteiger partial charge in [-0.15, -0.1) is 0 Å². The molecule has 3 heterocycles. The number of hydrogen-bond acceptors (Lipinski definition) is 6. The molecule has 0 atom stereocenters. The summed E-state index contributed by atoms with van der Waals surface area (Å²) in [6.07, 6.45) is -20.9. The average Bonchev–Trinajstić information content (AvgIpc) is 2.85. The van der Waals surface area contributed by atoms with Gasteiger partial charge in [-0.25, -0.2) is 4.79 Å². The lowest BCUT2D eigenvalue weighted by Gasteiger charge is -2.54. The van der Waals surface area contributed by atoms with Crippen molar-refractivity contribution in [1.29, 1.82) is 0 Å². The molecule has 3 aliphatic heterocycles. The number of rotatable bonds is 6. The van der Waals surface area contributed by atoms with Gasteiger partial charge in [0.1, 0.15) is 0 Å². The lowest BCUT2D eigenvalue weighted by atomic mass is 9.72. The maximum Gasteiger partial charge on any atom is 0.434 e. The fraction of sp³-hybridized carbons (Fsp3) is 0.680. The SMILES string of the molecule is O=C(O)CN1CC2(CCN(c3cc(C(F)(F)F)ccc3CN3CCN(C(=O)OC(C(F)(F)F)C(F)(F)F)CC3)CC2)C1. The van der Waals surface area contributed by atoms with Gasteiger partial charge in [0.25, 0.3) is 6.10 Å². The van der Waals surface area contributed by atoms with Crippen LogP contribution in [0, 0.1) is 5.41 Å². The summed E-state index contributed by atoms with van der Waals surface area (Å²) < 4.78 is 121. The van der Waals surface area contributed by atoms with Crippen LogP contribution in [0.2, 0.25) is 0 Å². The van der Waals surface area contributed by atoms with Crippen LogP contribution in [0.1, 0.15) is 24.0 Å². The molecular formula is C25H29F9N4O4. The van der Waals surface area contributed by atoms with Gasteiger partial charge in [0.15, 0.2) is 0 Å². The van der Waals surface area contributed by atoms with E-state index >= 15 is 0 Å². The van der Waals surface area contributed by atoms with Crippen LogP contribution in [0.4, 0.5) is 50.0 Å². The number of aliphatic carboxylic acids is 1. The number of carbonyl (C=O) groups excluding carboxylic acids is 1. The number of halogens is 9. The highest BCUT2D eigenvalue weighted by molar-refractivity contribution is 5.69. The number of hydrogen-bond donors (Lipinski definition) is 1. The van der Waals surface area contributed by atoms with Crippen molar-refractivity contribution in [3.8, 4) is 0 Å². The van der Waals surface area contributed by atoms with Gasteiger partial charge in [0.05, 0.1) is 12.1 Å². The number of nitrogens with zero attached hydrogens (tertiary/aromatic N) is 4. The molecule has 42 heavy (non-hydrogen) atoms. The third-order valence-electron chi connectivity index (χ3n) is 7.89. The molecule has 1 amide bonds. The van der Waals surface area contributed by atoms with Crippen LogP contribution < -0.4 is 4.90 Å². The molecule has 3 aliphatic rings. The number of ether oxygens (including phenoxy) is 1. The van der Waals surface area contributed by atoms with Gasteiger partial charge in [0.2, 0.25) is 0 Å². The highest BCUT2D eigenvalue weighted by atomic mass is 19.4. The smallest absolute Gasteiger partial charge is 0.434 e. The Morgan fingerprint density at radius 2 is 1.43 bits per heavy atom. The van der Waals surface area contributed by atoms with E-state index in [4.69, 9.17) is 5.11 Å². The Bertz CT molecular complexity index is 1120. The van der Waals surface area contributed by atoms with E-state index in [9.17, 15) is 49.1 Å². The molecule has 0 unspecified atom stereocenters. The second-order valence-electron chi connectivity index (χ2n) is 11.0. The van der Waals surface area contributed by atoms with Gasteiger partial charge in [-0.05, 0) is 36.0 Å². The van der Waals surface area contributed by atoms with E-state index in [0.29, 0.717) is 50.3 Å². The highest BCUT2D eigenvalue weighted by Gasteiger charge is 2.60. The molecule has 1 aromatic carbocycles. The minimum absolute atomic E-state index is 0.0424. The zero-order valence-electron chi connectivity index (χ0n) is 22.2. The molecule has 1 N–H and O–H groups in total. The van der Waals surface area contributed by atoms with E-state index in [2.05, 4.69) is 4.74 Å². The Kier molecular flexibility index (Phi) is 8.84. The largest absolute Gasteiger partial charge is 0.480 e. The average molecular weight is 621 g/mol. The first kappa shape index (κ1) is 32.0. The Labute approximate surface area is 234 Å². The van der Waals surface area contributed by atoms with Gasteiger partial charge in [-0.3, -0.25) is 14.6 Å². The minimum atomic E-state index is -5.83. The zero-order valence-corrected chi connectivity index (χ0v) is 22.2. The monoisotopic (exact) mass is 620 g/mol. The van der Waals surface area contributed by atoms with Crippen LogP contribution in [-0.2, 0) is 22.3 Å². The summed E-state index contributed by atoms with van der Waals surface area (Å²) >= 11 is 0. The zero-order chi connectivity index (χ0) is 31.1. The molecule has 0 radical (unpaired) electrons. The second-order valence-corrected chi connectivity index (χ2v) is 11.0. The number of piperazine rings is 1. The molecular weight excluding hydrogens is 591 g/mol. The van der Waals surface area contributed by atoms with Crippen molar-refractivity contribution in [2.45, 2.75) is 44.0 Å². The number of likely N-dealkylation sites (tertiary alicyclic amines) is 1. The predicted octanol–water partition coefficient (Wildman–Crippen LogP) is 4.44. The fourth-order valence-corrected chi connectivity index (χ4v) is 5.74. The Balaban J connectivity index is 1.39. The number of amides is 1. The van der Waals surface area contributed by atoms with E-state index in [-0.39, 0.29) is 44.7 Å². The van der Waals surface area contributed by atoms with Gasteiger partial charge in [-0.2, -0.15) is 39.5 Å². The van der Waals surface area contributed by atoms with E-state index in [1.807, 2.05) is 4.90 Å². The van der Waals surface area contributed by atoms with Crippen LogP contribution in [0.15, 0.2) is 18.2 Å². The molecule has 1 spiro atoms. The molecule has 236 valence electrons. The number of alkyl halides is 9. The van der Waals surface area contributed by atoms with Gasteiger partial charge >= 0.3 is 30.6 Å². The van der Waals surface area contributed by atoms with Crippen molar-refractivity contribution in [2.24, 2.45) is 5.41 Å². The quantitative estimate of drug-likeness (QED) is 0.472. The highest BCUT2D eigenvalue weighted by Crippen LogP contribution is 2.43. The summed E-state index contributed by atoms with van der Waals surface area (Å²) in [4.78, 5) is 29.1. The maximum atomic E-state index is 13.5. The van der Waals surface area contributed by atoms with Crippen molar-refractivity contribution in [3.63, 3.8) is 0 Å². The number of anilines is 1. The summed E-state index contributed by atoms with van der Waals surface area (Å²) in [6, 6.07) is 3.35. The Morgan fingerprint density at radius 1 is 0.857 bits per heavy atom. The summed E-state index contributed by atoms with van der Waals surface area (Å²) in [7, 11) is 0. The molecule has 1 aromatic rings. The number of piperidine rings is 1. The topological polar surface area (TPSA) is 76.6 Å². The third kappa shape index (κ3) is 7.51. The normalized spacial score (nSPS) is 20.6. The molecule has 0 aromatic heterocycles. The first-order chi connectivity index (χ1) is 19.4. The van der Waals surface area contributed by atoms with Crippen molar-refractivity contribution >= 4 is 17.7 Å². The molecule has 8 nitrogen and oxygen atoms in total. The van der Waals surface area contributed by atoms with Crippen LogP contribution in [0.25, 0.3) is 0 Å². The number of carboxylic acids is 1. The van der Waals surface area contributed by atoms with E-state index < -0.39 is 42.3 Å². The van der Waals surface area contributed by atoms with Crippen molar-refractivity contribution in [3.05, 3.63) is 29.3 Å². The van der Waals surface area contributed by atoms with Gasteiger partial charge in [-0.1, -0.05) is 6.07 Å². The molecule has 4 rings (SSSR count). The predicted molar refractivity (Wildman–Crippen MR) is 129 cm³/mol. The van der Waals surface area contributed by atoms with Crippen LogP contribution in [0.5, 0.6) is 0 Å². The summed E-state index contributed by atoms with van der Waals surface area (Å²) in [5, 5.41) is 8.96. The van der Waals surface area contributed by atoms with Crippen LogP contribution in [-0.4, -0.2) is 109 Å².